The number of rotatable bonds is 4. The van der Waals surface area contributed by atoms with Gasteiger partial charge in [0.1, 0.15) is 18.7 Å². The molecule has 3 heterocycles. The van der Waals surface area contributed by atoms with Crippen molar-refractivity contribution < 1.29 is 28.6 Å². The molecule has 0 bridgehead atoms. The van der Waals surface area contributed by atoms with Crippen LogP contribution < -0.4 is 15.0 Å². The van der Waals surface area contributed by atoms with E-state index in [1.54, 1.807) is 42.9 Å². The van der Waals surface area contributed by atoms with Gasteiger partial charge < -0.3 is 19.5 Å². The van der Waals surface area contributed by atoms with E-state index in [0.29, 0.717) is 22.8 Å². The van der Waals surface area contributed by atoms with Crippen LogP contribution in [0.4, 0.5) is 10.5 Å². The molecule has 10 heteroatoms. The summed E-state index contributed by atoms with van der Waals surface area (Å²) in [4.78, 5) is 41.3. The molecule has 1 N–H and O–H groups in total. The Kier molecular flexibility index (Phi) is 4.61. The molecule has 10 nitrogen and oxygen atoms in total. The fraction of sp³-hybridized carbons (Fsp3) is 0.368. The van der Waals surface area contributed by atoms with E-state index in [2.05, 4.69) is 10.3 Å². The van der Waals surface area contributed by atoms with Gasteiger partial charge in [-0.25, -0.2) is 14.6 Å². The second-order valence-electron chi connectivity index (χ2n) is 6.69. The van der Waals surface area contributed by atoms with Crippen LogP contribution >= 0.6 is 0 Å². The summed E-state index contributed by atoms with van der Waals surface area (Å²) < 4.78 is 17.9. The van der Waals surface area contributed by atoms with Gasteiger partial charge in [0, 0.05) is 13.0 Å². The van der Waals surface area contributed by atoms with Crippen LogP contribution in [-0.4, -0.2) is 46.4 Å². The minimum Gasteiger partial charge on any atom is -0.485 e. The monoisotopic (exact) mass is 400 g/mol. The van der Waals surface area contributed by atoms with E-state index in [-0.39, 0.29) is 24.8 Å². The lowest BCUT2D eigenvalue weighted by atomic mass is 10.1. The summed E-state index contributed by atoms with van der Waals surface area (Å²) in [5.41, 5.74) is 2.08. The van der Waals surface area contributed by atoms with Crippen molar-refractivity contribution in [3.63, 3.8) is 0 Å². The van der Waals surface area contributed by atoms with Crippen LogP contribution in [0.2, 0.25) is 0 Å². The van der Waals surface area contributed by atoms with Crippen LogP contribution in [0.3, 0.4) is 0 Å². The Morgan fingerprint density at radius 3 is 2.90 bits per heavy atom. The van der Waals surface area contributed by atoms with E-state index in [0.717, 1.165) is 0 Å². The number of cyclic esters (lactones) is 1. The van der Waals surface area contributed by atoms with E-state index < -0.39 is 24.3 Å². The summed E-state index contributed by atoms with van der Waals surface area (Å²) in [5, 5.41) is 2.61. The van der Waals surface area contributed by atoms with Gasteiger partial charge in [0.25, 0.3) is 0 Å². The maximum Gasteiger partial charge on any atom is 0.416 e. The number of amides is 2. The SMILES string of the molecule is CCOC(=O)c1ncn2c1COc1cc(N3C(=O)O[C@H](NC(C)=O)C3C)ccc1-2. The summed E-state index contributed by atoms with van der Waals surface area (Å²) in [6, 6.07) is 4.84. The molecule has 1 unspecified atom stereocenters. The number of imidazole rings is 1. The zero-order valence-electron chi connectivity index (χ0n) is 16.2. The number of nitrogens with one attached hydrogen (secondary N) is 1. The normalized spacial score (nSPS) is 19.7. The standard InChI is InChI=1S/C19H20N4O6/c1-4-27-18(25)16-14-8-28-15-7-12(5-6-13(15)22(14)9-20-16)23-10(2)17(21-11(3)24)29-19(23)26/h5-7,9-10,17H,4,8H2,1-3H3,(H,21,24)/t10?,17-/m0/s1. The minimum absolute atomic E-state index is 0.138. The van der Waals surface area contributed by atoms with Crippen LogP contribution in [0.15, 0.2) is 24.5 Å². The Hall–Kier alpha value is -3.56. The highest BCUT2D eigenvalue weighted by atomic mass is 16.6. The number of nitrogens with zero attached hydrogens (tertiary/aromatic N) is 3. The predicted molar refractivity (Wildman–Crippen MR) is 99.9 cm³/mol. The zero-order chi connectivity index (χ0) is 20.7. The molecule has 2 atom stereocenters. The average Bonchev–Trinajstić information content (AvgIpc) is 3.22. The van der Waals surface area contributed by atoms with Gasteiger partial charge in [0.15, 0.2) is 11.9 Å². The van der Waals surface area contributed by atoms with Crippen molar-refractivity contribution in [3.8, 4) is 11.4 Å². The van der Waals surface area contributed by atoms with Crippen molar-refractivity contribution in [3.05, 3.63) is 35.9 Å². The van der Waals surface area contributed by atoms with Gasteiger partial charge in [0.2, 0.25) is 5.91 Å². The first-order chi connectivity index (χ1) is 13.9. The Morgan fingerprint density at radius 2 is 2.17 bits per heavy atom. The van der Waals surface area contributed by atoms with Crippen molar-refractivity contribution in [2.24, 2.45) is 0 Å². The number of carbonyl (C=O) groups is 3. The Labute approximate surface area is 166 Å². The number of hydrogen-bond acceptors (Lipinski definition) is 7. The first-order valence-corrected chi connectivity index (χ1v) is 9.18. The van der Waals surface area contributed by atoms with E-state index in [1.807, 2.05) is 0 Å². The molecule has 4 rings (SSSR count). The molecular weight excluding hydrogens is 380 g/mol. The molecule has 2 aliphatic rings. The molecule has 1 fully saturated rings. The van der Waals surface area contributed by atoms with Gasteiger partial charge in [0.05, 0.1) is 29.7 Å². The van der Waals surface area contributed by atoms with Crippen LogP contribution in [0, 0.1) is 0 Å². The lowest BCUT2D eigenvalue weighted by Crippen LogP contribution is -2.43. The van der Waals surface area contributed by atoms with Gasteiger partial charge in [-0.2, -0.15) is 0 Å². The average molecular weight is 400 g/mol. The lowest BCUT2D eigenvalue weighted by Gasteiger charge is -2.24. The van der Waals surface area contributed by atoms with Crippen LogP contribution in [0.25, 0.3) is 5.69 Å². The molecule has 2 aliphatic heterocycles. The predicted octanol–water partition coefficient (Wildman–Crippen LogP) is 1.75. The third kappa shape index (κ3) is 3.16. The van der Waals surface area contributed by atoms with Crippen LogP contribution in [-0.2, 0) is 20.9 Å². The smallest absolute Gasteiger partial charge is 0.416 e. The van der Waals surface area contributed by atoms with Crippen molar-refractivity contribution in [1.29, 1.82) is 0 Å². The lowest BCUT2D eigenvalue weighted by molar-refractivity contribution is -0.121. The zero-order valence-corrected chi connectivity index (χ0v) is 16.2. The van der Waals surface area contributed by atoms with E-state index >= 15 is 0 Å². The largest absolute Gasteiger partial charge is 0.485 e. The Morgan fingerprint density at radius 1 is 1.38 bits per heavy atom. The summed E-state index contributed by atoms with van der Waals surface area (Å²) in [7, 11) is 0. The molecule has 1 aromatic carbocycles. The molecule has 0 aliphatic carbocycles. The molecule has 0 saturated carbocycles. The second kappa shape index (κ2) is 7.12. The fourth-order valence-electron chi connectivity index (χ4n) is 3.46. The number of anilines is 1. The number of aromatic nitrogens is 2. The first kappa shape index (κ1) is 18.8. The second-order valence-corrected chi connectivity index (χ2v) is 6.69. The number of ether oxygens (including phenoxy) is 3. The van der Waals surface area contributed by atoms with Crippen molar-refractivity contribution in [2.45, 2.75) is 39.6 Å². The number of carbonyl (C=O) groups excluding carboxylic acids is 3. The third-order valence-electron chi connectivity index (χ3n) is 4.80. The number of fused-ring (bicyclic) bond motifs is 3. The number of hydrogen-bond donors (Lipinski definition) is 1. The van der Waals surface area contributed by atoms with Crippen molar-refractivity contribution in [1.82, 2.24) is 14.9 Å². The Bertz CT molecular complexity index is 1000. The highest BCUT2D eigenvalue weighted by Gasteiger charge is 2.40. The molecular formula is C19H20N4O6. The maximum absolute atomic E-state index is 12.3. The molecule has 2 aromatic rings. The maximum atomic E-state index is 12.3. The number of benzene rings is 1. The molecule has 1 aromatic heterocycles. The third-order valence-corrected chi connectivity index (χ3v) is 4.80. The quantitative estimate of drug-likeness (QED) is 0.778. The van der Waals surface area contributed by atoms with Gasteiger partial charge >= 0.3 is 12.1 Å². The van der Waals surface area contributed by atoms with Crippen molar-refractivity contribution >= 4 is 23.7 Å². The molecule has 2 amide bonds. The van der Waals surface area contributed by atoms with Gasteiger partial charge in [-0.15, -0.1) is 0 Å². The van der Waals surface area contributed by atoms with Crippen molar-refractivity contribution in [2.75, 3.05) is 11.5 Å². The highest BCUT2D eigenvalue weighted by molar-refractivity contribution is 5.92. The van der Waals surface area contributed by atoms with E-state index in [1.165, 1.54) is 11.8 Å². The van der Waals surface area contributed by atoms with Crippen LogP contribution in [0.5, 0.6) is 5.75 Å². The highest BCUT2D eigenvalue weighted by Crippen LogP contribution is 2.36. The molecule has 152 valence electrons. The van der Waals surface area contributed by atoms with Gasteiger partial charge in [-0.1, -0.05) is 0 Å². The molecule has 29 heavy (non-hydrogen) atoms. The Balaban J connectivity index is 1.64. The fourth-order valence-corrected chi connectivity index (χ4v) is 3.46. The molecule has 1 saturated heterocycles. The summed E-state index contributed by atoms with van der Waals surface area (Å²) in [6.07, 6.45) is 0.256. The van der Waals surface area contributed by atoms with Gasteiger partial charge in [-0.05, 0) is 26.0 Å². The topological polar surface area (TPSA) is 112 Å². The summed E-state index contributed by atoms with van der Waals surface area (Å²) >= 11 is 0. The summed E-state index contributed by atoms with van der Waals surface area (Å²) in [5.74, 6) is -0.247. The van der Waals surface area contributed by atoms with E-state index in [4.69, 9.17) is 14.2 Å². The molecule has 0 spiro atoms. The first-order valence-electron chi connectivity index (χ1n) is 9.18. The van der Waals surface area contributed by atoms with E-state index in [9.17, 15) is 14.4 Å². The van der Waals surface area contributed by atoms with Gasteiger partial charge in [-0.3, -0.25) is 14.3 Å². The molecule has 0 radical (unpaired) electrons. The summed E-state index contributed by atoms with van der Waals surface area (Å²) in [6.45, 7) is 5.28. The van der Waals surface area contributed by atoms with Crippen LogP contribution in [0.1, 0.15) is 37.0 Å². The minimum atomic E-state index is -0.732. The number of esters is 1.